The molecule has 2 aromatic rings. The molecule has 1 atom stereocenters. The van der Waals surface area contributed by atoms with Gasteiger partial charge in [0.05, 0.1) is 18.3 Å². The second-order valence-electron chi connectivity index (χ2n) is 6.59. The highest BCUT2D eigenvalue weighted by Crippen LogP contribution is 2.28. The molecule has 0 amide bonds. The van der Waals surface area contributed by atoms with Crippen molar-refractivity contribution >= 4 is 33.0 Å². The molecule has 0 fully saturated rings. The topological polar surface area (TPSA) is 57.0 Å². The number of halogens is 1. The molecule has 0 spiro atoms. The van der Waals surface area contributed by atoms with Crippen LogP contribution in [-0.4, -0.2) is 35.3 Å². The summed E-state index contributed by atoms with van der Waals surface area (Å²) in [6, 6.07) is 10.0. The van der Waals surface area contributed by atoms with E-state index in [-0.39, 0.29) is 5.78 Å². The van der Waals surface area contributed by atoms with Gasteiger partial charge in [-0.25, -0.2) is 4.98 Å². The maximum absolute atomic E-state index is 12.8. The Bertz CT molecular complexity index is 758. The third-order valence-corrected chi connectivity index (χ3v) is 5.83. The minimum Gasteiger partial charge on any atom is -0.296 e. The first-order chi connectivity index (χ1) is 13.1. The quantitative estimate of drug-likeness (QED) is 0.446. The number of Topliss-reactive ketones (excluding diaryl/α,β-unsaturated/α-hetero) is 1. The van der Waals surface area contributed by atoms with E-state index in [2.05, 4.69) is 45.7 Å². The van der Waals surface area contributed by atoms with Crippen molar-refractivity contribution in [2.45, 2.75) is 45.4 Å². The van der Waals surface area contributed by atoms with Crippen LogP contribution in [0.3, 0.4) is 0 Å². The Hall–Kier alpha value is -1.55. The SMILES string of the molecule is CCCCN(CCCC)CC(=O)C(C#N)c1nc(-c2ccc(Br)cc2)cs1. The minimum absolute atomic E-state index is 0.0542. The molecule has 0 bridgehead atoms. The Morgan fingerprint density at radius 1 is 1.22 bits per heavy atom. The standard InChI is InChI=1S/C21H26BrN3OS/c1-3-5-11-25(12-6-4-2)14-20(26)18(13-23)21-24-19(15-27-21)16-7-9-17(22)10-8-16/h7-10,15,18H,3-6,11-12,14H2,1-2H3. The molecule has 0 N–H and O–H groups in total. The van der Waals surface area contributed by atoms with Crippen LogP contribution in [0.5, 0.6) is 0 Å². The van der Waals surface area contributed by atoms with Crippen molar-refractivity contribution in [2.24, 2.45) is 0 Å². The number of carbonyl (C=O) groups excluding carboxylic acids is 1. The molecule has 0 radical (unpaired) electrons. The maximum Gasteiger partial charge on any atom is 0.170 e. The Morgan fingerprint density at radius 3 is 2.41 bits per heavy atom. The molecular weight excluding hydrogens is 422 g/mol. The monoisotopic (exact) mass is 447 g/mol. The summed E-state index contributed by atoms with van der Waals surface area (Å²) in [5.74, 6) is -0.841. The summed E-state index contributed by atoms with van der Waals surface area (Å²) in [5, 5.41) is 12.1. The van der Waals surface area contributed by atoms with Gasteiger partial charge in [-0.1, -0.05) is 54.8 Å². The van der Waals surface area contributed by atoms with Gasteiger partial charge in [-0.05, 0) is 38.1 Å². The molecule has 1 aromatic carbocycles. The summed E-state index contributed by atoms with van der Waals surface area (Å²) < 4.78 is 1.01. The lowest BCUT2D eigenvalue weighted by atomic mass is 10.1. The van der Waals surface area contributed by atoms with E-state index in [0.29, 0.717) is 11.6 Å². The largest absolute Gasteiger partial charge is 0.296 e. The number of carbonyl (C=O) groups is 1. The molecule has 0 aliphatic carbocycles. The van der Waals surface area contributed by atoms with Crippen molar-refractivity contribution in [3.8, 4) is 17.3 Å². The van der Waals surface area contributed by atoms with Gasteiger partial charge in [0.2, 0.25) is 0 Å². The van der Waals surface area contributed by atoms with Gasteiger partial charge in [-0.2, -0.15) is 5.26 Å². The van der Waals surface area contributed by atoms with Crippen molar-refractivity contribution in [3.05, 3.63) is 39.1 Å². The zero-order valence-corrected chi connectivity index (χ0v) is 18.4. The third-order valence-electron chi connectivity index (χ3n) is 4.40. The van der Waals surface area contributed by atoms with Crippen molar-refractivity contribution < 1.29 is 4.79 Å². The van der Waals surface area contributed by atoms with Crippen molar-refractivity contribution in [2.75, 3.05) is 19.6 Å². The molecule has 27 heavy (non-hydrogen) atoms. The number of ketones is 1. The van der Waals surface area contributed by atoms with Gasteiger partial charge in [-0.3, -0.25) is 9.69 Å². The van der Waals surface area contributed by atoms with Gasteiger partial charge in [0.15, 0.2) is 11.7 Å². The molecule has 1 unspecified atom stereocenters. The van der Waals surface area contributed by atoms with Gasteiger partial charge >= 0.3 is 0 Å². The van der Waals surface area contributed by atoms with E-state index in [1.54, 1.807) is 0 Å². The van der Waals surface area contributed by atoms with E-state index in [4.69, 9.17) is 0 Å². The minimum atomic E-state index is -0.787. The summed E-state index contributed by atoms with van der Waals surface area (Å²) in [6.07, 6.45) is 4.33. The van der Waals surface area contributed by atoms with Crippen LogP contribution in [-0.2, 0) is 4.79 Å². The highest BCUT2D eigenvalue weighted by molar-refractivity contribution is 9.10. The Balaban J connectivity index is 2.09. The van der Waals surface area contributed by atoms with E-state index >= 15 is 0 Å². The molecule has 0 aliphatic rings. The van der Waals surface area contributed by atoms with Crippen LogP contribution < -0.4 is 0 Å². The zero-order valence-electron chi connectivity index (χ0n) is 15.9. The second kappa shape index (κ2) is 11.3. The second-order valence-corrected chi connectivity index (χ2v) is 8.39. The van der Waals surface area contributed by atoms with E-state index in [1.165, 1.54) is 11.3 Å². The van der Waals surface area contributed by atoms with Crippen LogP contribution in [0.25, 0.3) is 11.3 Å². The number of hydrogen-bond acceptors (Lipinski definition) is 5. The lowest BCUT2D eigenvalue weighted by Crippen LogP contribution is -2.34. The molecule has 4 nitrogen and oxygen atoms in total. The van der Waals surface area contributed by atoms with Crippen LogP contribution in [0.15, 0.2) is 34.1 Å². The summed E-state index contributed by atoms with van der Waals surface area (Å²) in [5.41, 5.74) is 1.79. The number of nitrogens with zero attached hydrogens (tertiary/aromatic N) is 3. The molecule has 144 valence electrons. The number of thiazole rings is 1. The molecule has 0 saturated heterocycles. The zero-order chi connectivity index (χ0) is 19.6. The highest BCUT2D eigenvalue weighted by Gasteiger charge is 2.25. The fraction of sp³-hybridized carbons (Fsp3) is 0.476. The fourth-order valence-corrected chi connectivity index (χ4v) is 3.94. The first kappa shape index (κ1) is 21.7. The number of unbranched alkanes of at least 4 members (excludes halogenated alkanes) is 2. The molecule has 2 rings (SSSR count). The van der Waals surface area contributed by atoms with Gasteiger partial charge < -0.3 is 0 Å². The average Bonchev–Trinajstić information content (AvgIpc) is 3.14. The molecule has 0 aliphatic heterocycles. The molecule has 0 saturated carbocycles. The highest BCUT2D eigenvalue weighted by atomic mass is 79.9. The van der Waals surface area contributed by atoms with Crippen LogP contribution in [0.4, 0.5) is 0 Å². The third kappa shape index (κ3) is 6.53. The van der Waals surface area contributed by atoms with E-state index in [1.807, 2.05) is 29.6 Å². The Morgan fingerprint density at radius 2 is 1.85 bits per heavy atom. The number of benzene rings is 1. The summed E-state index contributed by atoms with van der Waals surface area (Å²) >= 11 is 4.81. The molecule has 6 heteroatoms. The Labute approximate surface area is 174 Å². The summed E-state index contributed by atoms with van der Waals surface area (Å²) in [6.45, 7) is 6.43. The number of nitriles is 1. The van der Waals surface area contributed by atoms with Crippen LogP contribution in [0, 0.1) is 11.3 Å². The van der Waals surface area contributed by atoms with Gasteiger partial charge in [-0.15, -0.1) is 11.3 Å². The molecular formula is C21H26BrN3OS. The lowest BCUT2D eigenvalue weighted by Gasteiger charge is -2.21. The predicted molar refractivity (Wildman–Crippen MR) is 115 cm³/mol. The van der Waals surface area contributed by atoms with E-state index in [0.717, 1.165) is 54.5 Å². The Kier molecular flexibility index (Phi) is 9.12. The fourth-order valence-electron chi connectivity index (χ4n) is 2.78. The van der Waals surface area contributed by atoms with Crippen LogP contribution in [0.1, 0.15) is 50.5 Å². The molecule has 1 aromatic heterocycles. The lowest BCUT2D eigenvalue weighted by molar-refractivity contribution is -0.120. The number of hydrogen-bond donors (Lipinski definition) is 0. The summed E-state index contributed by atoms with van der Waals surface area (Å²) in [4.78, 5) is 19.6. The average molecular weight is 448 g/mol. The predicted octanol–water partition coefficient (Wildman–Crippen LogP) is 5.65. The van der Waals surface area contributed by atoms with E-state index in [9.17, 15) is 10.1 Å². The van der Waals surface area contributed by atoms with Crippen LogP contribution >= 0.6 is 27.3 Å². The first-order valence-electron chi connectivity index (χ1n) is 9.45. The summed E-state index contributed by atoms with van der Waals surface area (Å²) in [7, 11) is 0. The van der Waals surface area contributed by atoms with E-state index < -0.39 is 5.92 Å². The maximum atomic E-state index is 12.8. The van der Waals surface area contributed by atoms with Crippen molar-refractivity contribution in [1.29, 1.82) is 5.26 Å². The normalized spacial score (nSPS) is 12.1. The van der Waals surface area contributed by atoms with Gasteiger partial charge in [0.25, 0.3) is 0 Å². The van der Waals surface area contributed by atoms with Crippen molar-refractivity contribution in [1.82, 2.24) is 9.88 Å². The van der Waals surface area contributed by atoms with Gasteiger partial charge in [0.1, 0.15) is 5.01 Å². The smallest absolute Gasteiger partial charge is 0.170 e. The van der Waals surface area contributed by atoms with Crippen molar-refractivity contribution in [3.63, 3.8) is 0 Å². The van der Waals surface area contributed by atoms with Crippen LogP contribution in [0.2, 0.25) is 0 Å². The number of rotatable bonds is 11. The molecule has 1 heterocycles. The first-order valence-corrected chi connectivity index (χ1v) is 11.1. The van der Waals surface area contributed by atoms with Gasteiger partial charge in [0, 0.05) is 15.4 Å². The number of aromatic nitrogens is 1.